The van der Waals surface area contributed by atoms with E-state index in [1.807, 2.05) is 0 Å². The monoisotopic (exact) mass is 308 g/mol. The molecular formula is C16H21FN2OS. The molecule has 3 rings (SSSR count). The van der Waals surface area contributed by atoms with Crippen LogP contribution in [0.2, 0.25) is 0 Å². The molecule has 3 nitrogen and oxygen atoms in total. The minimum Gasteiger partial charge on any atom is -0.389 e. The molecule has 2 atom stereocenters. The molecule has 1 aliphatic carbocycles. The number of morpholine rings is 1. The Morgan fingerprint density at radius 1 is 1.38 bits per heavy atom. The second kappa shape index (κ2) is 6.38. The molecule has 0 bridgehead atoms. The highest BCUT2D eigenvalue weighted by Crippen LogP contribution is 2.30. The third-order valence-corrected chi connectivity index (χ3v) is 4.78. The normalized spacial score (nSPS) is 26.3. The molecule has 0 aromatic heterocycles. The first-order valence-corrected chi connectivity index (χ1v) is 8.00. The predicted octanol–water partition coefficient (Wildman–Crippen LogP) is 2.60. The third-order valence-electron chi connectivity index (χ3n) is 4.56. The first-order chi connectivity index (χ1) is 10.1. The summed E-state index contributed by atoms with van der Waals surface area (Å²) in [5.41, 5.74) is 7.41. The maximum atomic E-state index is 13.4. The van der Waals surface area contributed by atoms with Crippen molar-refractivity contribution in [1.29, 1.82) is 0 Å². The van der Waals surface area contributed by atoms with Gasteiger partial charge in [-0.05, 0) is 30.5 Å². The number of thiocarbonyl (C=S) groups is 1. The van der Waals surface area contributed by atoms with Crippen LogP contribution in [-0.4, -0.2) is 35.2 Å². The van der Waals surface area contributed by atoms with E-state index in [0.717, 1.165) is 31.7 Å². The van der Waals surface area contributed by atoms with E-state index in [9.17, 15) is 4.39 Å². The lowest BCUT2D eigenvalue weighted by molar-refractivity contribution is -0.0911. The minimum absolute atomic E-state index is 0.262. The highest BCUT2D eigenvalue weighted by Gasteiger charge is 2.34. The van der Waals surface area contributed by atoms with E-state index in [4.69, 9.17) is 22.7 Å². The van der Waals surface area contributed by atoms with Crippen LogP contribution >= 0.6 is 12.2 Å². The number of fused-ring (bicyclic) bond motifs is 1. The second-order valence-electron chi connectivity index (χ2n) is 5.90. The number of nitrogens with zero attached hydrogens (tertiary/aromatic N) is 1. The van der Waals surface area contributed by atoms with Gasteiger partial charge in [0.2, 0.25) is 0 Å². The lowest BCUT2D eigenvalue weighted by Gasteiger charge is -2.44. The van der Waals surface area contributed by atoms with Crippen molar-refractivity contribution in [2.75, 3.05) is 13.2 Å². The van der Waals surface area contributed by atoms with Crippen molar-refractivity contribution in [1.82, 2.24) is 4.90 Å². The molecule has 1 aromatic rings. The Bertz CT molecular complexity index is 535. The molecule has 1 saturated carbocycles. The Kier molecular flexibility index (Phi) is 4.52. The van der Waals surface area contributed by atoms with Crippen molar-refractivity contribution in [2.24, 2.45) is 5.73 Å². The number of benzene rings is 1. The summed E-state index contributed by atoms with van der Waals surface area (Å²) in [6, 6.07) is 5.19. The van der Waals surface area contributed by atoms with Gasteiger partial charge in [0.05, 0.1) is 12.7 Å². The van der Waals surface area contributed by atoms with Crippen molar-refractivity contribution in [3.05, 3.63) is 35.1 Å². The Balaban J connectivity index is 1.80. The molecule has 5 heteroatoms. The lowest BCUT2D eigenvalue weighted by atomic mass is 9.89. The summed E-state index contributed by atoms with van der Waals surface area (Å²) >= 11 is 5.06. The van der Waals surface area contributed by atoms with Crippen LogP contribution in [0.15, 0.2) is 18.2 Å². The van der Waals surface area contributed by atoms with E-state index in [1.165, 1.54) is 31.4 Å². The van der Waals surface area contributed by atoms with Crippen LogP contribution in [0.1, 0.15) is 36.8 Å². The molecule has 1 aromatic carbocycles. The van der Waals surface area contributed by atoms with Gasteiger partial charge in [-0.25, -0.2) is 4.39 Å². The van der Waals surface area contributed by atoms with Crippen LogP contribution in [0, 0.1) is 5.82 Å². The average molecular weight is 308 g/mol. The molecule has 1 saturated heterocycles. The van der Waals surface area contributed by atoms with Gasteiger partial charge in [-0.15, -0.1) is 0 Å². The topological polar surface area (TPSA) is 38.5 Å². The summed E-state index contributed by atoms with van der Waals surface area (Å²) in [6.45, 7) is 2.44. The number of rotatable bonds is 3. The maximum absolute atomic E-state index is 13.4. The molecule has 1 heterocycles. The van der Waals surface area contributed by atoms with Gasteiger partial charge < -0.3 is 10.5 Å². The molecule has 1 aliphatic heterocycles. The van der Waals surface area contributed by atoms with Gasteiger partial charge in [0.1, 0.15) is 10.8 Å². The quantitative estimate of drug-likeness (QED) is 0.871. The fourth-order valence-electron chi connectivity index (χ4n) is 3.51. The van der Waals surface area contributed by atoms with Crippen molar-refractivity contribution < 1.29 is 9.13 Å². The molecular weight excluding hydrogens is 287 g/mol. The van der Waals surface area contributed by atoms with E-state index < -0.39 is 0 Å². The molecule has 114 valence electrons. The van der Waals surface area contributed by atoms with Crippen LogP contribution < -0.4 is 5.73 Å². The Labute approximate surface area is 130 Å². The first kappa shape index (κ1) is 14.9. The largest absolute Gasteiger partial charge is 0.389 e. The predicted molar refractivity (Wildman–Crippen MR) is 84.7 cm³/mol. The Morgan fingerprint density at radius 2 is 2.19 bits per heavy atom. The highest BCUT2D eigenvalue weighted by molar-refractivity contribution is 7.80. The zero-order valence-corrected chi connectivity index (χ0v) is 12.9. The molecule has 0 amide bonds. The van der Waals surface area contributed by atoms with Gasteiger partial charge >= 0.3 is 0 Å². The van der Waals surface area contributed by atoms with Crippen molar-refractivity contribution >= 4 is 17.2 Å². The molecule has 2 fully saturated rings. The number of ether oxygens (including phenoxy) is 1. The fraction of sp³-hybridized carbons (Fsp3) is 0.562. The van der Waals surface area contributed by atoms with Crippen LogP contribution in [-0.2, 0) is 11.3 Å². The number of halogens is 1. The van der Waals surface area contributed by atoms with E-state index >= 15 is 0 Å². The molecule has 0 spiro atoms. The summed E-state index contributed by atoms with van der Waals surface area (Å²) in [7, 11) is 0. The second-order valence-corrected chi connectivity index (χ2v) is 6.34. The van der Waals surface area contributed by atoms with Crippen LogP contribution in [0.5, 0.6) is 0 Å². The Morgan fingerprint density at radius 3 is 3.00 bits per heavy atom. The van der Waals surface area contributed by atoms with Crippen LogP contribution in [0.4, 0.5) is 4.39 Å². The van der Waals surface area contributed by atoms with E-state index in [1.54, 1.807) is 6.07 Å². The van der Waals surface area contributed by atoms with Crippen molar-refractivity contribution in [2.45, 2.75) is 44.4 Å². The van der Waals surface area contributed by atoms with Crippen molar-refractivity contribution in [3.63, 3.8) is 0 Å². The molecule has 0 radical (unpaired) electrons. The summed E-state index contributed by atoms with van der Waals surface area (Å²) < 4.78 is 19.3. The average Bonchev–Trinajstić information content (AvgIpc) is 2.49. The van der Waals surface area contributed by atoms with E-state index in [-0.39, 0.29) is 10.8 Å². The van der Waals surface area contributed by atoms with Gasteiger partial charge in [0, 0.05) is 24.7 Å². The highest BCUT2D eigenvalue weighted by atomic mass is 32.1. The van der Waals surface area contributed by atoms with Crippen LogP contribution in [0.25, 0.3) is 0 Å². The number of hydrogen-bond acceptors (Lipinski definition) is 3. The minimum atomic E-state index is -0.293. The lowest BCUT2D eigenvalue weighted by Crippen LogP contribution is -2.52. The number of hydrogen-bond donors (Lipinski definition) is 1. The van der Waals surface area contributed by atoms with E-state index in [0.29, 0.717) is 17.7 Å². The maximum Gasteiger partial charge on any atom is 0.123 e. The zero-order chi connectivity index (χ0) is 14.8. The van der Waals surface area contributed by atoms with Gasteiger partial charge in [-0.1, -0.05) is 31.1 Å². The summed E-state index contributed by atoms with van der Waals surface area (Å²) in [4.78, 5) is 2.71. The SMILES string of the molecule is NC(=S)c1cc(F)ccc1CN1CCOC2CCCCC21. The molecule has 2 N–H and O–H groups in total. The van der Waals surface area contributed by atoms with Crippen LogP contribution in [0.3, 0.4) is 0 Å². The first-order valence-electron chi connectivity index (χ1n) is 7.59. The summed E-state index contributed by atoms with van der Waals surface area (Å²) in [5.74, 6) is -0.293. The Hall–Kier alpha value is -1.04. The molecule has 2 aliphatic rings. The molecule has 2 unspecified atom stereocenters. The standard InChI is InChI=1S/C16H21FN2OS/c17-12-6-5-11(13(9-12)16(18)21)10-19-7-8-20-15-4-2-1-3-14(15)19/h5-6,9,14-15H,1-4,7-8,10H2,(H2,18,21). The van der Waals surface area contributed by atoms with E-state index in [2.05, 4.69) is 4.90 Å². The molecule has 21 heavy (non-hydrogen) atoms. The number of nitrogens with two attached hydrogens (primary N) is 1. The summed E-state index contributed by atoms with van der Waals surface area (Å²) in [6.07, 6.45) is 5.18. The smallest absolute Gasteiger partial charge is 0.123 e. The zero-order valence-electron chi connectivity index (χ0n) is 12.1. The third kappa shape index (κ3) is 3.25. The van der Waals surface area contributed by atoms with Gasteiger partial charge in [-0.2, -0.15) is 0 Å². The van der Waals surface area contributed by atoms with Gasteiger partial charge in [-0.3, -0.25) is 4.90 Å². The van der Waals surface area contributed by atoms with Crippen molar-refractivity contribution in [3.8, 4) is 0 Å². The fourth-order valence-corrected chi connectivity index (χ4v) is 3.70. The summed E-state index contributed by atoms with van der Waals surface area (Å²) in [5, 5.41) is 0. The van der Waals surface area contributed by atoms with Gasteiger partial charge in [0.15, 0.2) is 0 Å². The van der Waals surface area contributed by atoms with Gasteiger partial charge in [0.25, 0.3) is 0 Å².